The predicted molar refractivity (Wildman–Crippen MR) is 103 cm³/mol. The first-order valence-electron chi connectivity index (χ1n) is 9.57. The van der Waals surface area contributed by atoms with Crippen molar-refractivity contribution in [3.8, 4) is 0 Å². The minimum Gasteiger partial charge on any atom is -0.337 e. The highest BCUT2D eigenvalue weighted by Gasteiger charge is 2.29. The van der Waals surface area contributed by atoms with Gasteiger partial charge < -0.3 is 4.90 Å². The van der Waals surface area contributed by atoms with Gasteiger partial charge in [-0.3, -0.25) is 14.4 Å². The summed E-state index contributed by atoms with van der Waals surface area (Å²) in [5.41, 5.74) is 0.831. The molecule has 142 valence electrons. The van der Waals surface area contributed by atoms with Gasteiger partial charge in [0.05, 0.1) is 0 Å². The maximum absolute atomic E-state index is 12.7. The number of benzene rings is 1. The van der Waals surface area contributed by atoms with Crippen molar-refractivity contribution in [1.29, 1.82) is 0 Å². The van der Waals surface area contributed by atoms with E-state index in [1.165, 1.54) is 16.8 Å². The van der Waals surface area contributed by atoms with Crippen molar-refractivity contribution in [2.75, 3.05) is 13.1 Å². The summed E-state index contributed by atoms with van der Waals surface area (Å²) in [5.74, 6) is -0.0808. The molecule has 1 fully saturated rings. The first-order chi connectivity index (χ1) is 13.1. The molecule has 1 aromatic heterocycles. The highest BCUT2D eigenvalue weighted by molar-refractivity contribution is 5.98. The second kappa shape index (κ2) is 8.75. The van der Waals surface area contributed by atoms with Gasteiger partial charge in [-0.1, -0.05) is 43.7 Å². The molecule has 0 atom stereocenters. The van der Waals surface area contributed by atoms with Gasteiger partial charge in [0.1, 0.15) is 5.69 Å². The number of amides is 1. The average Bonchev–Trinajstić information content (AvgIpc) is 2.73. The number of carbonyl (C=O) groups is 2. The third-order valence-electron chi connectivity index (χ3n) is 5.02. The van der Waals surface area contributed by atoms with E-state index in [0.29, 0.717) is 38.2 Å². The summed E-state index contributed by atoms with van der Waals surface area (Å²) < 4.78 is 1.36. The van der Waals surface area contributed by atoms with Crippen LogP contribution in [0.15, 0.2) is 47.3 Å². The Hall–Kier alpha value is -2.76. The Morgan fingerprint density at radius 3 is 2.44 bits per heavy atom. The zero-order valence-corrected chi connectivity index (χ0v) is 15.6. The summed E-state index contributed by atoms with van der Waals surface area (Å²) in [5, 5.41) is 4.23. The number of rotatable bonds is 6. The number of hydrogen-bond donors (Lipinski definition) is 0. The number of carbonyl (C=O) groups excluding carboxylic acids is 2. The van der Waals surface area contributed by atoms with E-state index >= 15 is 0 Å². The Bertz CT molecular complexity index is 852. The molecule has 6 heteroatoms. The molecule has 0 N–H and O–H groups in total. The van der Waals surface area contributed by atoms with Gasteiger partial charge in [-0.15, -0.1) is 0 Å². The molecule has 27 heavy (non-hydrogen) atoms. The molecule has 0 saturated carbocycles. The van der Waals surface area contributed by atoms with Crippen LogP contribution in [0.4, 0.5) is 0 Å². The molecule has 3 rings (SSSR count). The van der Waals surface area contributed by atoms with Gasteiger partial charge in [0.15, 0.2) is 5.78 Å². The number of piperidine rings is 1. The zero-order valence-electron chi connectivity index (χ0n) is 15.6. The largest absolute Gasteiger partial charge is 0.337 e. The third-order valence-corrected chi connectivity index (χ3v) is 5.02. The summed E-state index contributed by atoms with van der Waals surface area (Å²) in [4.78, 5) is 38.9. The minimum atomic E-state index is -0.188. The number of aryl methyl sites for hydroxylation is 1. The maximum atomic E-state index is 12.7. The Labute approximate surface area is 158 Å². The quantitative estimate of drug-likeness (QED) is 0.736. The lowest BCUT2D eigenvalue weighted by atomic mass is 9.89. The number of aromatic nitrogens is 2. The SMILES string of the molecule is CCCCn1nc(C(=O)N2CCC(C(=O)c3ccccc3)CC2)ccc1=O. The van der Waals surface area contributed by atoms with E-state index < -0.39 is 0 Å². The van der Waals surface area contributed by atoms with Gasteiger partial charge in [0.25, 0.3) is 11.5 Å². The van der Waals surface area contributed by atoms with Gasteiger partial charge in [-0.2, -0.15) is 5.10 Å². The van der Waals surface area contributed by atoms with Gasteiger partial charge in [-0.25, -0.2) is 4.68 Å². The highest BCUT2D eigenvalue weighted by Crippen LogP contribution is 2.22. The highest BCUT2D eigenvalue weighted by atomic mass is 16.2. The second-order valence-corrected chi connectivity index (χ2v) is 6.93. The van der Waals surface area contributed by atoms with Crippen LogP contribution >= 0.6 is 0 Å². The zero-order chi connectivity index (χ0) is 19.2. The van der Waals surface area contributed by atoms with Crippen LogP contribution < -0.4 is 5.56 Å². The molecule has 2 aromatic rings. The maximum Gasteiger partial charge on any atom is 0.274 e. The standard InChI is InChI=1S/C21H25N3O3/c1-2-3-13-24-19(25)10-9-18(22-24)21(27)23-14-11-17(12-15-23)20(26)16-7-5-4-6-8-16/h4-10,17H,2-3,11-15H2,1H3. The monoisotopic (exact) mass is 367 g/mol. The van der Waals surface area contributed by atoms with Crippen molar-refractivity contribution < 1.29 is 9.59 Å². The van der Waals surface area contributed by atoms with Gasteiger partial charge in [0, 0.05) is 37.2 Å². The fourth-order valence-electron chi connectivity index (χ4n) is 3.38. The van der Waals surface area contributed by atoms with Crippen molar-refractivity contribution in [3.05, 3.63) is 64.1 Å². The summed E-state index contributed by atoms with van der Waals surface area (Å²) in [6.45, 7) is 3.61. The topological polar surface area (TPSA) is 72.3 Å². The molecule has 1 aliphatic rings. The van der Waals surface area contributed by atoms with Crippen molar-refractivity contribution in [2.24, 2.45) is 5.92 Å². The number of hydrogen-bond acceptors (Lipinski definition) is 4. The third kappa shape index (κ3) is 4.51. The molecule has 1 amide bonds. The van der Waals surface area contributed by atoms with E-state index in [2.05, 4.69) is 5.10 Å². The summed E-state index contributed by atoms with van der Waals surface area (Å²) in [7, 11) is 0. The van der Waals surface area contributed by atoms with Crippen LogP contribution in [-0.4, -0.2) is 39.5 Å². The Morgan fingerprint density at radius 1 is 1.07 bits per heavy atom. The number of ketones is 1. The Kier molecular flexibility index (Phi) is 6.16. The van der Waals surface area contributed by atoms with Gasteiger partial charge >= 0.3 is 0 Å². The van der Waals surface area contributed by atoms with Crippen LogP contribution in [0.1, 0.15) is 53.5 Å². The normalized spacial score (nSPS) is 14.9. The first kappa shape index (κ1) is 19.0. The van der Waals surface area contributed by atoms with Crippen molar-refractivity contribution in [3.63, 3.8) is 0 Å². The van der Waals surface area contributed by atoms with Crippen molar-refractivity contribution in [1.82, 2.24) is 14.7 Å². The summed E-state index contributed by atoms with van der Waals surface area (Å²) in [6, 6.07) is 12.2. The first-order valence-corrected chi connectivity index (χ1v) is 9.57. The van der Waals surface area contributed by atoms with E-state index in [0.717, 1.165) is 18.4 Å². The van der Waals surface area contributed by atoms with Crippen LogP contribution in [0.25, 0.3) is 0 Å². The lowest BCUT2D eigenvalue weighted by Gasteiger charge is -2.31. The fourth-order valence-corrected chi connectivity index (χ4v) is 3.38. The fraction of sp³-hybridized carbons (Fsp3) is 0.429. The van der Waals surface area contributed by atoms with Crippen LogP contribution in [0, 0.1) is 5.92 Å². The number of Topliss-reactive ketones (excluding diaryl/α,β-unsaturated/α-hetero) is 1. The smallest absolute Gasteiger partial charge is 0.274 e. The molecule has 0 bridgehead atoms. The molecule has 0 spiro atoms. The van der Waals surface area contributed by atoms with Gasteiger partial charge in [-0.05, 0) is 25.3 Å². The van der Waals surface area contributed by atoms with Crippen LogP contribution in [0.2, 0.25) is 0 Å². The molecule has 6 nitrogen and oxygen atoms in total. The van der Waals surface area contributed by atoms with Crippen LogP contribution in [-0.2, 0) is 6.54 Å². The molecule has 1 saturated heterocycles. The lowest BCUT2D eigenvalue weighted by Crippen LogP contribution is -2.41. The molecular weight excluding hydrogens is 342 g/mol. The molecule has 1 aliphatic heterocycles. The summed E-state index contributed by atoms with van der Waals surface area (Å²) in [6.07, 6.45) is 3.09. The Morgan fingerprint density at radius 2 is 1.78 bits per heavy atom. The minimum absolute atomic E-state index is 0.0529. The molecule has 2 heterocycles. The van der Waals surface area contributed by atoms with Crippen molar-refractivity contribution >= 4 is 11.7 Å². The van der Waals surface area contributed by atoms with E-state index in [1.807, 2.05) is 37.3 Å². The second-order valence-electron chi connectivity index (χ2n) is 6.93. The van der Waals surface area contributed by atoms with E-state index in [9.17, 15) is 14.4 Å². The summed E-state index contributed by atoms with van der Waals surface area (Å²) >= 11 is 0. The molecular formula is C21H25N3O3. The average molecular weight is 367 g/mol. The lowest BCUT2D eigenvalue weighted by molar-refractivity contribution is 0.0643. The molecule has 0 unspecified atom stereocenters. The van der Waals surface area contributed by atoms with E-state index in [-0.39, 0.29) is 23.2 Å². The van der Waals surface area contributed by atoms with Crippen LogP contribution in [0.3, 0.4) is 0 Å². The van der Waals surface area contributed by atoms with Crippen LogP contribution in [0.5, 0.6) is 0 Å². The molecule has 1 aromatic carbocycles. The molecule has 0 aliphatic carbocycles. The molecule has 0 radical (unpaired) electrons. The van der Waals surface area contributed by atoms with Crippen molar-refractivity contribution in [2.45, 2.75) is 39.2 Å². The number of unbranched alkanes of at least 4 members (excludes halogenated alkanes) is 1. The van der Waals surface area contributed by atoms with E-state index in [4.69, 9.17) is 0 Å². The predicted octanol–water partition coefficient (Wildman–Crippen LogP) is 2.78. The Balaban J connectivity index is 1.63. The van der Waals surface area contributed by atoms with Gasteiger partial charge in [0.2, 0.25) is 0 Å². The number of likely N-dealkylation sites (tertiary alicyclic amines) is 1. The van der Waals surface area contributed by atoms with E-state index in [1.54, 1.807) is 4.90 Å². The number of nitrogens with zero attached hydrogens (tertiary/aromatic N) is 3.